The molecule has 0 aliphatic heterocycles. The van der Waals surface area contributed by atoms with Crippen LogP contribution in [0.2, 0.25) is 0 Å². The normalized spacial score (nSPS) is 13.0. The minimum absolute atomic E-state index is 0.0594. The Balaban J connectivity index is 2.05. The summed E-state index contributed by atoms with van der Waals surface area (Å²) >= 11 is 3.58. The van der Waals surface area contributed by atoms with Crippen LogP contribution in [0.4, 0.5) is 0 Å². The van der Waals surface area contributed by atoms with Crippen molar-refractivity contribution in [2.75, 3.05) is 0 Å². The molecule has 0 bridgehead atoms. The predicted molar refractivity (Wildman–Crippen MR) is 71.0 cm³/mol. The molecule has 0 radical (unpaired) electrons. The number of hydrogen-bond donors (Lipinski definition) is 1. The zero-order valence-electron chi connectivity index (χ0n) is 9.57. The average molecular weight is 308 g/mol. The van der Waals surface area contributed by atoms with Crippen molar-refractivity contribution in [3.05, 3.63) is 58.0 Å². The van der Waals surface area contributed by atoms with E-state index in [0.29, 0.717) is 11.1 Å². The third-order valence-electron chi connectivity index (χ3n) is 2.75. The van der Waals surface area contributed by atoms with Crippen molar-refractivity contribution in [3.63, 3.8) is 0 Å². The fraction of sp³-hybridized carbons (Fsp3) is 0.154. The van der Waals surface area contributed by atoms with Crippen molar-refractivity contribution in [2.24, 2.45) is 0 Å². The SMILES string of the molecule is Cc1ccc(C(Br)c2ccc3[nH]c(=O)oc3c2)o1. The molecule has 2 aromatic heterocycles. The zero-order valence-corrected chi connectivity index (χ0v) is 11.2. The molecule has 1 aromatic carbocycles. The van der Waals surface area contributed by atoms with Crippen LogP contribution >= 0.6 is 15.9 Å². The number of aromatic nitrogens is 1. The van der Waals surface area contributed by atoms with Crippen molar-refractivity contribution in [1.82, 2.24) is 4.98 Å². The number of benzene rings is 1. The van der Waals surface area contributed by atoms with E-state index in [0.717, 1.165) is 17.1 Å². The summed E-state index contributed by atoms with van der Waals surface area (Å²) in [4.78, 5) is 13.6. The van der Waals surface area contributed by atoms with Gasteiger partial charge in [-0.2, -0.15) is 0 Å². The number of oxazole rings is 1. The summed E-state index contributed by atoms with van der Waals surface area (Å²) in [5.41, 5.74) is 2.21. The molecular formula is C13H10BrNO3. The fourth-order valence-electron chi connectivity index (χ4n) is 1.87. The summed E-state index contributed by atoms with van der Waals surface area (Å²) in [6, 6.07) is 9.40. The van der Waals surface area contributed by atoms with Gasteiger partial charge in [-0.15, -0.1) is 0 Å². The molecule has 4 nitrogen and oxygen atoms in total. The molecule has 0 saturated carbocycles. The van der Waals surface area contributed by atoms with Crippen LogP contribution in [-0.4, -0.2) is 4.98 Å². The van der Waals surface area contributed by atoms with E-state index in [1.165, 1.54) is 0 Å². The number of rotatable bonds is 2. The molecule has 0 aliphatic rings. The molecule has 1 N–H and O–H groups in total. The molecule has 0 spiro atoms. The number of H-pyrrole nitrogens is 1. The fourth-order valence-corrected chi connectivity index (χ4v) is 2.40. The van der Waals surface area contributed by atoms with Gasteiger partial charge in [-0.1, -0.05) is 22.0 Å². The summed E-state index contributed by atoms with van der Waals surface area (Å²) in [5.74, 6) is 1.25. The standard InChI is InChI=1S/C13H10BrNO3/c1-7-2-5-10(17-7)12(14)8-3-4-9-11(6-8)18-13(16)15-9/h2-6,12H,1H3,(H,15,16). The first-order chi connectivity index (χ1) is 8.63. The second-order valence-electron chi connectivity index (χ2n) is 4.08. The maximum atomic E-state index is 11.1. The quantitative estimate of drug-likeness (QED) is 0.737. The highest BCUT2D eigenvalue weighted by Gasteiger charge is 2.15. The molecular weight excluding hydrogens is 298 g/mol. The molecule has 5 heteroatoms. The van der Waals surface area contributed by atoms with Gasteiger partial charge in [0.25, 0.3) is 0 Å². The van der Waals surface area contributed by atoms with Crippen LogP contribution in [0.5, 0.6) is 0 Å². The van der Waals surface area contributed by atoms with E-state index >= 15 is 0 Å². The van der Waals surface area contributed by atoms with Crippen molar-refractivity contribution in [2.45, 2.75) is 11.8 Å². The lowest BCUT2D eigenvalue weighted by atomic mass is 10.1. The Morgan fingerprint density at radius 2 is 2.06 bits per heavy atom. The molecule has 18 heavy (non-hydrogen) atoms. The maximum Gasteiger partial charge on any atom is 0.417 e. The van der Waals surface area contributed by atoms with E-state index in [2.05, 4.69) is 20.9 Å². The Kier molecular flexibility index (Phi) is 2.63. The highest BCUT2D eigenvalue weighted by atomic mass is 79.9. The van der Waals surface area contributed by atoms with Gasteiger partial charge in [-0.05, 0) is 36.8 Å². The van der Waals surface area contributed by atoms with Crippen LogP contribution in [0.1, 0.15) is 21.9 Å². The van der Waals surface area contributed by atoms with Crippen LogP contribution in [-0.2, 0) is 0 Å². The van der Waals surface area contributed by atoms with E-state index < -0.39 is 5.76 Å². The highest BCUT2D eigenvalue weighted by Crippen LogP contribution is 2.33. The Morgan fingerprint density at radius 1 is 1.22 bits per heavy atom. The predicted octanol–water partition coefficient (Wildman–Crippen LogP) is 3.51. The van der Waals surface area contributed by atoms with Gasteiger partial charge >= 0.3 is 5.76 Å². The summed E-state index contributed by atoms with van der Waals surface area (Å²) in [5, 5.41) is 0. The van der Waals surface area contributed by atoms with Gasteiger partial charge in [0.15, 0.2) is 5.58 Å². The topological polar surface area (TPSA) is 59.1 Å². The van der Waals surface area contributed by atoms with Crippen molar-refractivity contribution < 1.29 is 8.83 Å². The van der Waals surface area contributed by atoms with Gasteiger partial charge in [-0.3, -0.25) is 4.98 Å². The molecule has 3 aromatic rings. The van der Waals surface area contributed by atoms with E-state index in [9.17, 15) is 4.79 Å². The highest BCUT2D eigenvalue weighted by molar-refractivity contribution is 9.09. The summed E-state index contributed by atoms with van der Waals surface area (Å²) < 4.78 is 10.6. The monoisotopic (exact) mass is 307 g/mol. The van der Waals surface area contributed by atoms with Crippen LogP contribution in [0.25, 0.3) is 11.1 Å². The number of halogens is 1. The van der Waals surface area contributed by atoms with E-state index in [1.807, 2.05) is 37.3 Å². The first-order valence-electron chi connectivity index (χ1n) is 5.46. The number of aromatic amines is 1. The second-order valence-corrected chi connectivity index (χ2v) is 5.00. The van der Waals surface area contributed by atoms with E-state index in [1.54, 1.807) is 0 Å². The summed E-state index contributed by atoms with van der Waals surface area (Å²) in [7, 11) is 0. The Labute approximate surface area is 111 Å². The molecule has 0 saturated heterocycles. The van der Waals surface area contributed by atoms with Crippen LogP contribution in [0.3, 0.4) is 0 Å². The molecule has 0 fully saturated rings. The van der Waals surface area contributed by atoms with Crippen LogP contribution < -0.4 is 5.76 Å². The van der Waals surface area contributed by atoms with Gasteiger partial charge in [0.05, 0.1) is 10.3 Å². The molecule has 1 atom stereocenters. The van der Waals surface area contributed by atoms with Crippen molar-refractivity contribution >= 4 is 27.0 Å². The van der Waals surface area contributed by atoms with Crippen LogP contribution in [0, 0.1) is 6.92 Å². The largest absolute Gasteiger partial charge is 0.465 e. The molecule has 0 aliphatic carbocycles. The molecule has 3 rings (SSSR count). The summed E-state index contributed by atoms with van der Waals surface area (Å²) in [6.45, 7) is 1.90. The molecule has 92 valence electrons. The molecule has 0 amide bonds. The van der Waals surface area contributed by atoms with E-state index in [-0.39, 0.29) is 4.83 Å². The minimum Gasteiger partial charge on any atom is -0.465 e. The lowest BCUT2D eigenvalue weighted by Crippen LogP contribution is -1.92. The number of aryl methyl sites for hydroxylation is 1. The van der Waals surface area contributed by atoms with Gasteiger partial charge in [-0.25, -0.2) is 4.79 Å². The Hall–Kier alpha value is -1.75. The van der Waals surface area contributed by atoms with E-state index in [4.69, 9.17) is 8.83 Å². The number of fused-ring (bicyclic) bond motifs is 1. The van der Waals surface area contributed by atoms with Gasteiger partial charge < -0.3 is 8.83 Å². The zero-order chi connectivity index (χ0) is 12.7. The van der Waals surface area contributed by atoms with Gasteiger partial charge in [0, 0.05) is 0 Å². The Bertz CT molecular complexity index is 753. The minimum atomic E-state index is -0.442. The van der Waals surface area contributed by atoms with Crippen molar-refractivity contribution in [3.8, 4) is 0 Å². The maximum absolute atomic E-state index is 11.1. The first kappa shape index (κ1) is 11.3. The van der Waals surface area contributed by atoms with Crippen LogP contribution in [0.15, 0.2) is 44.0 Å². The smallest absolute Gasteiger partial charge is 0.417 e. The Morgan fingerprint density at radius 3 is 2.78 bits per heavy atom. The number of nitrogens with one attached hydrogen (secondary N) is 1. The lowest BCUT2D eigenvalue weighted by molar-refractivity contribution is 0.492. The third-order valence-corrected chi connectivity index (χ3v) is 3.73. The third kappa shape index (κ3) is 1.90. The number of alkyl halides is 1. The van der Waals surface area contributed by atoms with Crippen molar-refractivity contribution in [1.29, 1.82) is 0 Å². The van der Waals surface area contributed by atoms with Gasteiger partial charge in [0.1, 0.15) is 11.5 Å². The number of hydrogen-bond acceptors (Lipinski definition) is 3. The number of furan rings is 1. The molecule has 2 heterocycles. The van der Waals surface area contributed by atoms with Gasteiger partial charge in [0.2, 0.25) is 0 Å². The molecule has 1 unspecified atom stereocenters. The first-order valence-corrected chi connectivity index (χ1v) is 6.38. The lowest BCUT2D eigenvalue weighted by Gasteiger charge is -2.06. The summed E-state index contributed by atoms with van der Waals surface area (Å²) in [6.07, 6.45) is 0. The average Bonchev–Trinajstić information content (AvgIpc) is 2.92. The second kappa shape index (κ2) is 4.17.